The van der Waals surface area contributed by atoms with E-state index in [0.717, 1.165) is 0 Å². The standard InChI is InChI=1S/C17H19FN2/c1-12(15-3-2-10-19-11-15)20-17(13-4-5-13)14-6-8-16(18)9-7-14/h2-3,6-13,17,20H,4-5H2,1H3. The number of nitrogens with zero attached hydrogens (tertiary/aromatic N) is 1. The predicted molar refractivity (Wildman–Crippen MR) is 77.7 cm³/mol. The van der Waals surface area contributed by atoms with Crippen molar-refractivity contribution >= 4 is 0 Å². The van der Waals surface area contributed by atoms with Gasteiger partial charge in [0.25, 0.3) is 0 Å². The van der Waals surface area contributed by atoms with Crippen LogP contribution in [0, 0.1) is 11.7 Å². The Kier molecular flexibility index (Phi) is 3.79. The number of hydrogen-bond acceptors (Lipinski definition) is 2. The second-order valence-corrected chi connectivity index (χ2v) is 5.54. The number of hydrogen-bond donors (Lipinski definition) is 1. The maximum atomic E-state index is 13.1. The second-order valence-electron chi connectivity index (χ2n) is 5.54. The molecule has 1 N–H and O–H groups in total. The fourth-order valence-electron chi connectivity index (χ4n) is 2.60. The molecule has 1 aromatic heterocycles. The lowest BCUT2D eigenvalue weighted by atomic mass is 10.00. The molecule has 1 saturated carbocycles. The highest BCUT2D eigenvalue weighted by molar-refractivity contribution is 5.23. The first kappa shape index (κ1) is 13.3. The molecule has 0 radical (unpaired) electrons. The molecule has 1 fully saturated rings. The molecule has 0 saturated heterocycles. The molecule has 0 spiro atoms. The zero-order valence-corrected chi connectivity index (χ0v) is 11.6. The molecule has 104 valence electrons. The van der Waals surface area contributed by atoms with E-state index in [4.69, 9.17) is 0 Å². The molecule has 1 aromatic carbocycles. The van der Waals surface area contributed by atoms with E-state index in [1.54, 1.807) is 18.3 Å². The predicted octanol–water partition coefficient (Wildman–Crippen LogP) is 4.02. The average molecular weight is 270 g/mol. The Balaban J connectivity index is 1.76. The van der Waals surface area contributed by atoms with Crippen LogP contribution >= 0.6 is 0 Å². The maximum Gasteiger partial charge on any atom is 0.123 e. The lowest BCUT2D eigenvalue weighted by Crippen LogP contribution is -2.26. The van der Waals surface area contributed by atoms with E-state index in [-0.39, 0.29) is 11.9 Å². The van der Waals surface area contributed by atoms with Crippen LogP contribution in [-0.2, 0) is 0 Å². The molecular weight excluding hydrogens is 251 g/mol. The zero-order chi connectivity index (χ0) is 13.9. The summed E-state index contributed by atoms with van der Waals surface area (Å²) >= 11 is 0. The minimum atomic E-state index is -0.177. The average Bonchev–Trinajstić information content (AvgIpc) is 3.31. The molecule has 2 atom stereocenters. The smallest absolute Gasteiger partial charge is 0.123 e. The van der Waals surface area contributed by atoms with Crippen LogP contribution < -0.4 is 5.32 Å². The van der Waals surface area contributed by atoms with E-state index in [1.807, 2.05) is 24.4 Å². The van der Waals surface area contributed by atoms with Gasteiger partial charge < -0.3 is 5.32 Å². The van der Waals surface area contributed by atoms with Crippen molar-refractivity contribution < 1.29 is 4.39 Å². The Morgan fingerprint density at radius 1 is 1.15 bits per heavy atom. The molecule has 3 rings (SSSR count). The summed E-state index contributed by atoms with van der Waals surface area (Å²) in [5.41, 5.74) is 2.35. The van der Waals surface area contributed by atoms with Crippen molar-refractivity contribution in [3.05, 3.63) is 65.7 Å². The molecule has 1 aliphatic carbocycles. The van der Waals surface area contributed by atoms with Crippen LogP contribution in [0.25, 0.3) is 0 Å². The third-order valence-electron chi connectivity index (χ3n) is 3.94. The van der Waals surface area contributed by atoms with Gasteiger partial charge in [0.1, 0.15) is 5.82 Å². The van der Waals surface area contributed by atoms with Crippen molar-refractivity contribution in [2.45, 2.75) is 31.8 Å². The van der Waals surface area contributed by atoms with E-state index in [1.165, 1.54) is 24.0 Å². The van der Waals surface area contributed by atoms with Crippen LogP contribution in [0.3, 0.4) is 0 Å². The second kappa shape index (κ2) is 5.71. The fraction of sp³-hybridized carbons (Fsp3) is 0.353. The van der Waals surface area contributed by atoms with Gasteiger partial charge in [-0.05, 0) is 55.0 Å². The number of rotatable bonds is 5. The Bertz CT molecular complexity index is 549. The summed E-state index contributed by atoms with van der Waals surface area (Å²) in [6.07, 6.45) is 6.17. The molecule has 0 bridgehead atoms. The largest absolute Gasteiger partial charge is 0.303 e. The molecule has 2 aromatic rings. The van der Waals surface area contributed by atoms with Crippen LogP contribution in [0.15, 0.2) is 48.8 Å². The van der Waals surface area contributed by atoms with Gasteiger partial charge >= 0.3 is 0 Å². The summed E-state index contributed by atoms with van der Waals surface area (Å²) in [6, 6.07) is 11.4. The first-order valence-corrected chi connectivity index (χ1v) is 7.15. The summed E-state index contributed by atoms with van der Waals surface area (Å²) in [6.45, 7) is 2.15. The first-order chi connectivity index (χ1) is 9.74. The summed E-state index contributed by atoms with van der Waals surface area (Å²) in [5, 5.41) is 3.67. The number of nitrogens with one attached hydrogen (secondary N) is 1. The highest BCUT2D eigenvalue weighted by Crippen LogP contribution is 2.42. The summed E-state index contributed by atoms with van der Waals surface area (Å²) in [4.78, 5) is 4.17. The van der Waals surface area contributed by atoms with E-state index >= 15 is 0 Å². The summed E-state index contributed by atoms with van der Waals surface area (Å²) in [7, 11) is 0. The Labute approximate surface area is 119 Å². The topological polar surface area (TPSA) is 24.9 Å². The van der Waals surface area contributed by atoms with Crippen LogP contribution in [0.2, 0.25) is 0 Å². The molecular formula is C17H19FN2. The molecule has 0 amide bonds. The zero-order valence-electron chi connectivity index (χ0n) is 11.6. The van der Waals surface area contributed by atoms with Crippen molar-refractivity contribution in [1.29, 1.82) is 0 Å². The van der Waals surface area contributed by atoms with Crippen molar-refractivity contribution in [2.24, 2.45) is 5.92 Å². The fourth-order valence-corrected chi connectivity index (χ4v) is 2.60. The van der Waals surface area contributed by atoms with Gasteiger partial charge in [-0.1, -0.05) is 18.2 Å². The lowest BCUT2D eigenvalue weighted by Gasteiger charge is -2.24. The first-order valence-electron chi connectivity index (χ1n) is 7.15. The van der Waals surface area contributed by atoms with Crippen molar-refractivity contribution in [3.63, 3.8) is 0 Å². The number of halogens is 1. The minimum Gasteiger partial charge on any atom is -0.303 e. The van der Waals surface area contributed by atoms with E-state index in [2.05, 4.69) is 23.3 Å². The Morgan fingerprint density at radius 2 is 1.90 bits per heavy atom. The van der Waals surface area contributed by atoms with Crippen molar-refractivity contribution in [2.75, 3.05) is 0 Å². The van der Waals surface area contributed by atoms with Gasteiger partial charge in [0.2, 0.25) is 0 Å². The summed E-state index contributed by atoms with van der Waals surface area (Å²) in [5.74, 6) is 0.489. The third kappa shape index (κ3) is 3.05. The molecule has 1 aliphatic rings. The Morgan fingerprint density at radius 3 is 2.50 bits per heavy atom. The maximum absolute atomic E-state index is 13.1. The molecule has 3 heteroatoms. The number of aromatic nitrogens is 1. The van der Waals surface area contributed by atoms with E-state index in [0.29, 0.717) is 12.0 Å². The van der Waals surface area contributed by atoms with Crippen LogP contribution in [-0.4, -0.2) is 4.98 Å². The van der Waals surface area contributed by atoms with Gasteiger partial charge in [-0.15, -0.1) is 0 Å². The number of pyridine rings is 1. The van der Waals surface area contributed by atoms with Crippen LogP contribution in [0.4, 0.5) is 4.39 Å². The van der Waals surface area contributed by atoms with Gasteiger partial charge in [-0.3, -0.25) is 4.98 Å². The highest BCUT2D eigenvalue weighted by Gasteiger charge is 2.33. The van der Waals surface area contributed by atoms with Crippen molar-refractivity contribution in [3.8, 4) is 0 Å². The summed E-state index contributed by atoms with van der Waals surface area (Å²) < 4.78 is 13.1. The van der Waals surface area contributed by atoms with Gasteiger partial charge in [-0.25, -0.2) is 4.39 Å². The molecule has 2 nitrogen and oxygen atoms in total. The number of benzene rings is 1. The van der Waals surface area contributed by atoms with Crippen LogP contribution in [0.1, 0.15) is 43.0 Å². The molecule has 1 heterocycles. The molecule has 20 heavy (non-hydrogen) atoms. The monoisotopic (exact) mass is 270 g/mol. The van der Waals surface area contributed by atoms with Crippen LogP contribution in [0.5, 0.6) is 0 Å². The van der Waals surface area contributed by atoms with Crippen molar-refractivity contribution in [1.82, 2.24) is 10.3 Å². The van der Waals surface area contributed by atoms with Gasteiger partial charge in [0, 0.05) is 24.5 Å². The van der Waals surface area contributed by atoms with Gasteiger partial charge in [0.05, 0.1) is 0 Å². The van der Waals surface area contributed by atoms with E-state index < -0.39 is 0 Å². The quantitative estimate of drug-likeness (QED) is 0.887. The van der Waals surface area contributed by atoms with Gasteiger partial charge in [-0.2, -0.15) is 0 Å². The Hall–Kier alpha value is -1.74. The normalized spacial score (nSPS) is 17.7. The third-order valence-corrected chi connectivity index (χ3v) is 3.94. The molecule has 0 aliphatic heterocycles. The van der Waals surface area contributed by atoms with Gasteiger partial charge in [0.15, 0.2) is 0 Å². The highest BCUT2D eigenvalue weighted by atomic mass is 19.1. The minimum absolute atomic E-state index is 0.177. The molecule has 2 unspecified atom stereocenters. The van der Waals surface area contributed by atoms with E-state index in [9.17, 15) is 4.39 Å². The SMILES string of the molecule is CC(NC(c1ccc(F)cc1)C1CC1)c1cccnc1. The lowest BCUT2D eigenvalue weighted by molar-refractivity contribution is 0.426.